The van der Waals surface area contributed by atoms with E-state index in [2.05, 4.69) is 20.0 Å². The van der Waals surface area contributed by atoms with Crippen LogP contribution in [0.4, 0.5) is 5.82 Å². The molecule has 23 heavy (non-hydrogen) atoms. The highest BCUT2D eigenvalue weighted by Crippen LogP contribution is 2.34. The highest BCUT2D eigenvalue weighted by atomic mass is 15.2. The molecule has 0 aliphatic carbocycles. The van der Waals surface area contributed by atoms with E-state index in [1.165, 1.54) is 5.56 Å². The topological polar surface area (TPSA) is 77.4 Å². The number of hydrogen-bond donors (Lipinski definition) is 1. The Morgan fingerprint density at radius 2 is 1.83 bits per heavy atom. The van der Waals surface area contributed by atoms with Gasteiger partial charge in [-0.3, -0.25) is 0 Å². The summed E-state index contributed by atoms with van der Waals surface area (Å²) in [6, 6.07) is 18.0. The Hall–Kier alpha value is -3.30. The summed E-state index contributed by atoms with van der Waals surface area (Å²) in [6.07, 6.45) is 0. The van der Waals surface area contributed by atoms with Crippen molar-refractivity contribution >= 4 is 27.6 Å². The molecule has 110 valence electrons. The lowest BCUT2D eigenvalue weighted by Gasteiger charge is -2.05. The van der Waals surface area contributed by atoms with E-state index in [-0.39, 0.29) is 0 Å². The number of H-pyrrole nitrogens is 1. The molecule has 0 saturated heterocycles. The molecule has 5 heteroatoms. The van der Waals surface area contributed by atoms with E-state index >= 15 is 0 Å². The van der Waals surface area contributed by atoms with Gasteiger partial charge in [-0.2, -0.15) is 0 Å². The second-order valence-corrected chi connectivity index (χ2v) is 5.48. The maximum absolute atomic E-state index is 8.76. The van der Waals surface area contributed by atoms with E-state index in [9.17, 15) is 0 Å². The predicted molar refractivity (Wildman–Crippen MR) is 92.6 cm³/mol. The van der Waals surface area contributed by atoms with Crippen molar-refractivity contribution in [3.05, 3.63) is 70.6 Å². The zero-order chi connectivity index (χ0) is 15.8. The third-order valence-corrected chi connectivity index (χ3v) is 3.96. The highest BCUT2D eigenvalue weighted by Gasteiger charge is 2.12. The van der Waals surface area contributed by atoms with Crippen LogP contribution in [0.15, 0.2) is 59.7 Å². The fourth-order valence-corrected chi connectivity index (χ4v) is 2.85. The number of nitrogens with one attached hydrogen (secondary N) is 1. The average molecular weight is 299 g/mol. The van der Waals surface area contributed by atoms with Gasteiger partial charge in [-0.25, -0.2) is 4.98 Å². The van der Waals surface area contributed by atoms with Crippen LogP contribution in [0.3, 0.4) is 0 Å². The van der Waals surface area contributed by atoms with Crippen LogP contribution in [0, 0.1) is 6.92 Å². The molecular weight excluding hydrogens is 286 g/mol. The summed E-state index contributed by atoms with van der Waals surface area (Å²) in [5.74, 6) is 0.375. The van der Waals surface area contributed by atoms with Crippen molar-refractivity contribution in [1.29, 1.82) is 0 Å². The molecular formula is C18H13N5. The normalized spacial score (nSPS) is 10.8. The number of para-hydroxylation sites is 1. The Morgan fingerprint density at radius 1 is 1.04 bits per heavy atom. The first-order valence-electron chi connectivity index (χ1n) is 7.30. The van der Waals surface area contributed by atoms with Gasteiger partial charge in [0, 0.05) is 26.8 Å². The minimum atomic E-state index is 0.375. The molecule has 5 nitrogen and oxygen atoms in total. The van der Waals surface area contributed by atoms with E-state index in [1.807, 2.05) is 61.5 Å². The van der Waals surface area contributed by atoms with E-state index in [0.717, 1.165) is 33.1 Å². The molecule has 0 aliphatic rings. The first-order valence-corrected chi connectivity index (χ1v) is 7.30. The number of aromatic nitrogens is 2. The number of rotatable bonds is 2. The Balaban J connectivity index is 2.12. The third kappa shape index (κ3) is 2.20. The van der Waals surface area contributed by atoms with Gasteiger partial charge in [-0.1, -0.05) is 48.0 Å². The molecule has 0 bridgehead atoms. The summed E-state index contributed by atoms with van der Waals surface area (Å²) < 4.78 is 0. The van der Waals surface area contributed by atoms with Gasteiger partial charge < -0.3 is 4.98 Å². The summed E-state index contributed by atoms with van der Waals surface area (Å²) in [7, 11) is 0. The maximum atomic E-state index is 8.76. The van der Waals surface area contributed by atoms with Crippen molar-refractivity contribution in [3.8, 4) is 11.3 Å². The van der Waals surface area contributed by atoms with Crippen LogP contribution in [0.5, 0.6) is 0 Å². The number of fused-ring (bicyclic) bond motifs is 3. The van der Waals surface area contributed by atoms with Crippen LogP contribution in [0.2, 0.25) is 0 Å². The lowest BCUT2D eigenvalue weighted by molar-refractivity contribution is 1.27. The van der Waals surface area contributed by atoms with Gasteiger partial charge in [0.1, 0.15) is 5.82 Å². The molecule has 0 fully saturated rings. The van der Waals surface area contributed by atoms with E-state index in [1.54, 1.807) is 0 Å². The number of benzene rings is 2. The van der Waals surface area contributed by atoms with Crippen molar-refractivity contribution in [3.63, 3.8) is 0 Å². The van der Waals surface area contributed by atoms with Crippen molar-refractivity contribution in [1.82, 2.24) is 9.97 Å². The van der Waals surface area contributed by atoms with Gasteiger partial charge >= 0.3 is 0 Å². The predicted octanol–water partition coefficient (Wildman–Crippen LogP) is 5.63. The zero-order valence-electron chi connectivity index (χ0n) is 12.5. The number of azide groups is 1. The smallest absolute Gasteiger partial charge is 0.128 e. The first-order chi connectivity index (χ1) is 11.3. The zero-order valence-corrected chi connectivity index (χ0v) is 12.5. The Morgan fingerprint density at radius 3 is 2.61 bits per heavy atom. The van der Waals surface area contributed by atoms with Gasteiger partial charge in [0.25, 0.3) is 0 Å². The van der Waals surface area contributed by atoms with Crippen LogP contribution < -0.4 is 0 Å². The summed E-state index contributed by atoms with van der Waals surface area (Å²) >= 11 is 0. The van der Waals surface area contributed by atoms with Crippen LogP contribution in [-0.2, 0) is 0 Å². The second-order valence-electron chi connectivity index (χ2n) is 5.48. The number of aromatic amines is 1. The molecule has 0 unspecified atom stereocenters. The third-order valence-electron chi connectivity index (χ3n) is 3.96. The summed E-state index contributed by atoms with van der Waals surface area (Å²) in [5.41, 5.74) is 13.7. The maximum Gasteiger partial charge on any atom is 0.128 e. The van der Waals surface area contributed by atoms with E-state index in [4.69, 9.17) is 5.53 Å². The lowest BCUT2D eigenvalue weighted by Crippen LogP contribution is -1.86. The van der Waals surface area contributed by atoms with Crippen LogP contribution >= 0.6 is 0 Å². The number of aryl methyl sites for hydroxylation is 1. The van der Waals surface area contributed by atoms with Gasteiger partial charge in [-0.15, -0.1) is 0 Å². The monoisotopic (exact) mass is 299 g/mol. The SMILES string of the molecule is Cc1ccc(-c2nc(N=[N+]=[N-])cc3c2[nH]c2ccccc23)cc1. The number of pyridine rings is 1. The summed E-state index contributed by atoms with van der Waals surface area (Å²) in [6.45, 7) is 2.05. The second kappa shape index (κ2) is 5.16. The fourth-order valence-electron chi connectivity index (χ4n) is 2.85. The van der Waals surface area contributed by atoms with Crippen LogP contribution in [-0.4, -0.2) is 9.97 Å². The average Bonchev–Trinajstić information content (AvgIpc) is 2.94. The lowest BCUT2D eigenvalue weighted by atomic mass is 10.1. The van der Waals surface area contributed by atoms with Crippen molar-refractivity contribution < 1.29 is 0 Å². The fraction of sp³-hybridized carbons (Fsp3) is 0.0556. The quantitative estimate of drug-likeness (QED) is 0.290. The number of hydrogen-bond acceptors (Lipinski definition) is 2. The molecule has 1 N–H and O–H groups in total. The minimum absolute atomic E-state index is 0.375. The molecule has 2 heterocycles. The molecule has 0 aliphatic heterocycles. The van der Waals surface area contributed by atoms with Gasteiger partial charge in [-0.05, 0) is 29.7 Å². The first kappa shape index (κ1) is 13.4. The van der Waals surface area contributed by atoms with Gasteiger partial charge in [0.2, 0.25) is 0 Å². The Labute approximate surface area is 132 Å². The van der Waals surface area contributed by atoms with Gasteiger partial charge in [0.05, 0.1) is 11.2 Å². The summed E-state index contributed by atoms with van der Waals surface area (Å²) in [5, 5.41) is 5.80. The molecule has 0 saturated carbocycles. The van der Waals surface area contributed by atoms with Crippen molar-refractivity contribution in [2.75, 3.05) is 0 Å². The standard InChI is InChI=1S/C18H13N5/c1-11-6-8-12(9-7-11)17-18-14(10-16(21-17)22-23-19)13-4-2-3-5-15(13)20-18/h2-10,20H,1H3. The van der Waals surface area contributed by atoms with Crippen molar-refractivity contribution in [2.24, 2.45) is 5.11 Å². The molecule has 2 aromatic carbocycles. The van der Waals surface area contributed by atoms with Crippen LogP contribution in [0.25, 0.3) is 43.5 Å². The molecule has 0 amide bonds. The molecule has 0 atom stereocenters. The van der Waals surface area contributed by atoms with Crippen LogP contribution in [0.1, 0.15) is 5.56 Å². The molecule has 0 radical (unpaired) electrons. The Kier molecular flexibility index (Phi) is 3.00. The molecule has 2 aromatic heterocycles. The van der Waals surface area contributed by atoms with E-state index in [0.29, 0.717) is 5.82 Å². The molecule has 4 rings (SSSR count). The number of nitrogens with zero attached hydrogens (tertiary/aromatic N) is 4. The van der Waals surface area contributed by atoms with E-state index < -0.39 is 0 Å². The molecule has 0 spiro atoms. The molecule has 4 aromatic rings. The minimum Gasteiger partial charge on any atom is -0.353 e. The van der Waals surface area contributed by atoms with Gasteiger partial charge in [0.15, 0.2) is 0 Å². The Bertz CT molecular complexity index is 1070. The highest BCUT2D eigenvalue weighted by molar-refractivity contribution is 6.11. The largest absolute Gasteiger partial charge is 0.353 e. The van der Waals surface area contributed by atoms with Crippen molar-refractivity contribution in [2.45, 2.75) is 6.92 Å². The summed E-state index contributed by atoms with van der Waals surface area (Å²) in [4.78, 5) is 10.8.